The van der Waals surface area contributed by atoms with Gasteiger partial charge in [-0.1, -0.05) is 62.2 Å². The van der Waals surface area contributed by atoms with E-state index in [9.17, 15) is 24.6 Å². The predicted molar refractivity (Wildman–Crippen MR) is 158 cm³/mol. The number of amides is 3. The molecule has 218 valence electrons. The van der Waals surface area contributed by atoms with Crippen LogP contribution in [0.15, 0.2) is 60.7 Å². The quantitative estimate of drug-likeness (QED) is 0.470. The molecule has 8 heteroatoms. The third kappa shape index (κ3) is 5.81. The first kappa shape index (κ1) is 29.0. The van der Waals surface area contributed by atoms with Gasteiger partial charge >= 0.3 is 0 Å². The Hall–Kier alpha value is -3.49. The fraction of sp³-hybridized carbons (Fsp3) is 0.485. The zero-order chi connectivity index (χ0) is 29.0. The predicted octanol–water partition coefficient (Wildman–Crippen LogP) is 4.28. The summed E-state index contributed by atoms with van der Waals surface area (Å²) in [6.07, 6.45) is 10.0. The second-order valence-electron chi connectivity index (χ2n) is 11.5. The lowest BCUT2D eigenvalue weighted by Gasteiger charge is -2.28. The van der Waals surface area contributed by atoms with Crippen molar-refractivity contribution in [2.75, 3.05) is 29.5 Å². The molecule has 0 bridgehead atoms. The normalized spacial score (nSPS) is 24.1. The van der Waals surface area contributed by atoms with Crippen molar-refractivity contribution in [2.45, 2.75) is 76.5 Å². The van der Waals surface area contributed by atoms with Crippen LogP contribution in [0.3, 0.4) is 0 Å². The Morgan fingerprint density at radius 1 is 1.02 bits per heavy atom. The minimum absolute atomic E-state index is 0.0359. The lowest BCUT2D eigenvalue weighted by molar-refractivity contribution is -0.139. The molecule has 0 unspecified atom stereocenters. The number of hydrogen-bond donors (Lipinski definition) is 2. The van der Waals surface area contributed by atoms with Crippen LogP contribution in [-0.4, -0.2) is 58.6 Å². The van der Waals surface area contributed by atoms with Gasteiger partial charge in [0.15, 0.2) is 5.60 Å². The summed E-state index contributed by atoms with van der Waals surface area (Å²) >= 11 is 0. The van der Waals surface area contributed by atoms with Crippen LogP contribution in [0.5, 0.6) is 0 Å². The number of carbonyl (C=O) groups excluding carboxylic acids is 3. The molecule has 3 atom stereocenters. The highest BCUT2D eigenvalue weighted by molar-refractivity contribution is 6.07. The van der Waals surface area contributed by atoms with Gasteiger partial charge in [0.1, 0.15) is 0 Å². The van der Waals surface area contributed by atoms with Crippen molar-refractivity contribution in [1.29, 1.82) is 0 Å². The molecule has 8 nitrogen and oxygen atoms in total. The van der Waals surface area contributed by atoms with E-state index in [4.69, 9.17) is 0 Å². The molecule has 3 aliphatic heterocycles. The number of carbonyl (C=O) groups is 3. The van der Waals surface area contributed by atoms with E-state index in [0.29, 0.717) is 30.8 Å². The van der Waals surface area contributed by atoms with Crippen LogP contribution >= 0.6 is 0 Å². The lowest BCUT2D eigenvalue weighted by Crippen LogP contribution is -2.44. The molecule has 2 N–H and O–H groups in total. The van der Waals surface area contributed by atoms with Crippen molar-refractivity contribution in [3.63, 3.8) is 0 Å². The Morgan fingerprint density at radius 2 is 1.78 bits per heavy atom. The van der Waals surface area contributed by atoms with Gasteiger partial charge in [-0.25, -0.2) is 0 Å². The van der Waals surface area contributed by atoms with Gasteiger partial charge in [-0.15, -0.1) is 0 Å². The molecule has 3 amide bonds. The number of anilines is 2. The van der Waals surface area contributed by atoms with Crippen LogP contribution in [0, 0.1) is 5.92 Å². The molecular formula is C33H41N3O5. The van der Waals surface area contributed by atoms with Crippen molar-refractivity contribution in [2.24, 2.45) is 5.92 Å². The maximum Gasteiger partial charge on any atom is 0.264 e. The van der Waals surface area contributed by atoms with Crippen molar-refractivity contribution >= 4 is 29.1 Å². The van der Waals surface area contributed by atoms with E-state index >= 15 is 0 Å². The molecule has 3 heterocycles. The van der Waals surface area contributed by atoms with Crippen LogP contribution in [0.25, 0.3) is 0 Å². The molecular weight excluding hydrogens is 518 g/mol. The maximum atomic E-state index is 13.8. The Bertz CT molecular complexity index is 1290. The van der Waals surface area contributed by atoms with Gasteiger partial charge in [0.2, 0.25) is 11.8 Å². The first-order valence-electron chi connectivity index (χ1n) is 14.9. The molecule has 0 saturated carbocycles. The summed E-state index contributed by atoms with van der Waals surface area (Å²) in [6, 6.07) is 15.0. The monoisotopic (exact) mass is 559 g/mol. The zero-order valence-corrected chi connectivity index (χ0v) is 23.9. The van der Waals surface area contributed by atoms with Crippen molar-refractivity contribution in [1.82, 2.24) is 4.90 Å². The Kier molecular flexibility index (Phi) is 8.90. The SMILES string of the molecule is C[C@H](/C=C/CC(=O)N1CCC[C@H]1CO)[C@@]1(O)C(=O)N(Cc2ccc(N3CCCCCCC3=O)cc2)c2ccccc21. The highest BCUT2D eigenvalue weighted by Crippen LogP contribution is 2.45. The topological polar surface area (TPSA) is 101 Å². The number of aliphatic hydroxyl groups excluding tert-OH is 1. The summed E-state index contributed by atoms with van der Waals surface area (Å²) in [5.41, 5.74) is 1.24. The fourth-order valence-corrected chi connectivity index (χ4v) is 6.44. The number of benzene rings is 2. The van der Waals surface area contributed by atoms with Gasteiger partial charge < -0.3 is 24.9 Å². The first-order valence-corrected chi connectivity index (χ1v) is 14.9. The second-order valence-corrected chi connectivity index (χ2v) is 11.5. The lowest BCUT2D eigenvalue weighted by atomic mass is 9.83. The van der Waals surface area contributed by atoms with Crippen LogP contribution in [0.1, 0.15) is 69.4 Å². The molecule has 41 heavy (non-hydrogen) atoms. The summed E-state index contributed by atoms with van der Waals surface area (Å²) in [4.78, 5) is 44.4. The molecule has 0 aliphatic carbocycles. The third-order valence-electron chi connectivity index (χ3n) is 8.87. The van der Waals surface area contributed by atoms with E-state index in [2.05, 4.69) is 0 Å². The summed E-state index contributed by atoms with van der Waals surface area (Å²) in [6.45, 7) is 3.42. The molecule has 0 spiro atoms. The average molecular weight is 560 g/mol. The molecule has 2 aromatic carbocycles. The molecule has 3 aliphatic rings. The van der Waals surface area contributed by atoms with Crippen molar-refractivity contribution in [3.8, 4) is 0 Å². The average Bonchev–Trinajstić information content (AvgIpc) is 3.54. The van der Waals surface area contributed by atoms with Crippen molar-refractivity contribution < 1.29 is 24.6 Å². The largest absolute Gasteiger partial charge is 0.394 e. The maximum absolute atomic E-state index is 13.8. The Labute approximate surface area is 242 Å². The van der Waals surface area contributed by atoms with E-state index in [1.54, 1.807) is 34.9 Å². The number of rotatable bonds is 8. The van der Waals surface area contributed by atoms with Crippen LogP contribution < -0.4 is 9.80 Å². The van der Waals surface area contributed by atoms with Gasteiger partial charge in [-0.05, 0) is 49.4 Å². The number of hydrogen-bond acceptors (Lipinski definition) is 5. The molecule has 2 saturated heterocycles. The van der Waals surface area contributed by atoms with Crippen LogP contribution in [0.4, 0.5) is 11.4 Å². The highest BCUT2D eigenvalue weighted by atomic mass is 16.3. The Morgan fingerprint density at radius 3 is 2.56 bits per heavy atom. The van der Waals surface area contributed by atoms with Crippen LogP contribution in [-0.2, 0) is 26.5 Å². The van der Waals surface area contributed by atoms with Gasteiger partial charge in [-0.2, -0.15) is 0 Å². The van der Waals surface area contributed by atoms with Gasteiger partial charge in [-0.3, -0.25) is 14.4 Å². The number of aliphatic hydroxyl groups is 2. The number of para-hydroxylation sites is 1. The number of nitrogens with zero attached hydrogens (tertiary/aromatic N) is 3. The van der Waals surface area contributed by atoms with E-state index in [1.165, 1.54) is 0 Å². The van der Waals surface area contributed by atoms with E-state index in [-0.39, 0.29) is 30.9 Å². The Balaban J connectivity index is 1.30. The van der Waals surface area contributed by atoms with E-state index < -0.39 is 17.4 Å². The zero-order valence-electron chi connectivity index (χ0n) is 23.9. The first-order chi connectivity index (χ1) is 19.8. The van der Waals surface area contributed by atoms with E-state index in [0.717, 1.165) is 56.3 Å². The number of fused-ring (bicyclic) bond motifs is 1. The summed E-state index contributed by atoms with van der Waals surface area (Å²) < 4.78 is 0. The molecule has 5 rings (SSSR count). The molecule has 2 fully saturated rings. The minimum atomic E-state index is -1.76. The number of likely N-dealkylation sites (tertiary alicyclic amines) is 1. The van der Waals surface area contributed by atoms with Gasteiger partial charge in [0, 0.05) is 43.1 Å². The second kappa shape index (κ2) is 12.6. The van der Waals surface area contributed by atoms with Gasteiger partial charge in [0.05, 0.1) is 24.9 Å². The molecule has 0 radical (unpaired) electrons. The smallest absolute Gasteiger partial charge is 0.264 e. The minimum Gasteiger partial charge on any atom is -0.394 e. The summed E-state index contributed by atoms with van der Waals surface area (Å²) in [7, 11) is 0. The molecule has 0 aromatic heterocycles. The highest BCUT2D eigenvalue weighted by Gasteiger charge is 2.52. The van der Waals surface area contributed by atoms with Gasteiger partial charge in [0.25, 0.3) is 5.91 Å². The van der Waals surface area contributed by atoms with Crippen molar-refractivity contribution in [3.05, 3.63) is 71.8 Å². The summed E-state index contributed by atoms with van der Waals surface area (Å²) in [5.74, 6) is -0.868. The third-order valence-corrected chi connectivity index (χ3v) is 8.87. The molecule has 2 aromatic rings. The van der Waals surface area contributed by atoms with Crippen LogP contribution in [0.2, 0.25) is 0 Å². The van der Waals surface area contributed by atoms with E-state index in [1.807, 2.05) is 47.4 Å². The standard InChI is InChI=1S/C33H41N3O5/c1-24(10-8-15-31(39)35-21-9-11-27(35)23-37)33(41)28-12-5-6-13-29(28)36(32(33)40)22-25-16-18-26(19-17-25)34-20-7-3-2-4-14-30(34)38/h5-6,8,10,12-13,16-19,24,27,37,41H,2-4,7,9,11,14-15,20-23H2,1H3/b10-8+/t24-,27+,33+/m1/s1. The summed E-state index contributed by atoms with van der Waals surface area (Å²) in [5, 5.41) is 21.4. The fourth-order valence-electron chi connectivity index (χ4n) is 6.44.